The van der Waals surface area contributed by atoms with Gasteiger partial charge in [-0.2, -0.15) is 0 Å². The lowest BCUT2D eigenvalue weighted by atomic mass is 10.1. The number of carboxylic acid groups (broad SMARTS) is 1. The third-order valence-corrected chi connectivity index (χ3v) is 4.50. The number of carbonyl (C=O) groups is 6. The number of aliphatic carboxylic acids is 1. The third-order valence-electron chi connectivity index (χ3n) is 4.50. The summed E-state index contributed by atoms with van der Waals surface area (Å²) < 4.78 is 0. The molecule has 4 amide bonds. The van der Waals surface area contributed by atoms with Gasteiger partial charge >= 0.3 is 5.97 Å². The lowest BCUT2D eigenvalue weighted by Crippen LogP contribution is -2.50. The van der Waals surface area contributed by atoms with Crippen LogP contribution in [0.5, 0.6) is 0 Å². The first-order valence-electron chi connectivity index (χ1n) is 10.1. The van der Waals surface area contributed by atoms with E-state index in [9.17, 15) is 28.8 Å². The summed E-state index contributed by atoms with van der Waals surface area (Å²) in [6, 6.07) is -3.35. The van der Waals surface area contributed by atoms with E-state index >= 15 is 0 Å². The number of amides is 4. The number of primary amides is 1. The van der Waals surface area contributed by atoms with Gasteiger partial charge < -0.3 is 32.4 Å². The number of rotatable bonds is 16. The Bertz CT molecular complexity index is 654. The van der Waals surface area contributed by atoms with Crippen LogP contribution in [0.4, 0.5) is 0 Å². The SMILES string of the molecule is C[C@H](N)C(=O)N[C@H](CCC(=O)N(C(=O)CCCCCN)[C@H](C=O)CCC(=O)O)C(N)=O. The van der Waals surface area contributed by atoms with E-state index in [2.05, 4.69) is 5.32 Å². The minimum atomic E-state index is -1.25. The van der Waals surface area contributed by atoms with Gasteiger partial charge in [0.25, 0.3) is 0 Å². The van der Waals surface area contributed by atoms with Gasteiger partial charge in [-0.3, -0.25) is 28.9 Å². The number of imide groups is 1. The second-order valence-electron chi connectivity index (χ2n) is 7.18. The van der Waals surface area contributed by atoms with Crippen molar-refractivity contribution in [3.63, 3.8) is 0 Å². The Hall–Kier alpha value is -2.86. The van der Waals surface area contributed by atoms with Crippen LogP contribution in [0.25, 0.3) is 0 Å². The van der Waals surface area contributed by atoms with E-state index in [0.29, 0.717) is 32.1 Å². The van der Waals surface area contributed by atoms with E-state index in [0.717, 1.165) is 4.90 Å². The van der Waals surface area contributed by atoms with Gasteiger partial charge in [-0.1, -0.05) is 6.42 Å². The Kier molecular flexibility index (Phi) is 13.6. The molecule has 0 aliphatic rings. The number of unbranched alkanes of at least 4 members (excludes halogenated alkanes) is 2. The molecule has 0 radical (unpaired) electrons. The Morgan fingerprint density at radius 2 is 1.61 bits per heavy atom. The number of aldehydes is 1. The predicted octanol–water partition coefficient (Wildman–Crippen LogP) is -1.61. The molecule has 0 fully saturated rings. The summed E-state index contributed by atoms with van der Waals surface area (Å²) in [5.74, 6) is -4.11. The summed E-state index contributed by atoms with van der Waals surface area (Å²) in [6.45, 7) is 1.86. The number of nitrogens with two attached hydrogens (primary N) is 3. The van der Waals surface area contributed by atoms with Gasteiger partial charge in [-0.15, -0.1) is 0 Å². The molecule has 8 N–H and O–H groups in total. The lowest BCUT2D eigenvalue weighted by Gasteiger charge is -2.27. The highest BCUT2D eigenvalue weighted by Gasteiger charge is 2.30. The van der Waals surface area contributed by atoms with Crippen molar-refractivity contribution in [3.8, 4) is 0 Å². The van der Waals surface area contributed by atoms with Crippen LogP contribution in [0.1, 0.15) is 58.3 Å². The van der Waals surface area contributed by atoms with Crippen LogP contribution in [0.2, 0.25) is 0 Å². The van der Waals surface area contributed by atoms with Gasteiger partial charge in [0.2, 0.25) is 23.6 Å². The first-order chi connectivity index (χ1) is 14.5. The molecule has 0 heterocycles. The molecule has 12 heteroatoms. The molecule has 3 atom stereocenters. The van der Waals surface area contributed by atoms with E-state index in [-0.39, 0.29) is 25.7 Å². The zero-order valence-corrected chi connectivity index (χ0v) is 17.7. The monoisotopic (exact) mass is 443 g/mol. The van der Waals surface area contributed by atoms with E-state index in [4.69, 9.17) is 22.3 Å². The summed E-state index contributed by atoms with van der Waals surface area (Å²) in [4.78, 5) is 71.8. The number of nitrogens with zero attached hydrogens (tertiary/aromatic N) is 1. The number of hydrogen-bond acceptors (Lipinski definition) is 8. The highest BCUT2D eigenvalue weighted by Crippen LogP contribution is 2.14. The highest BCUT2D eigenvalue weighted by atomic mass is 16.4. The second-order valence-corrected chi connectivity index (χ2v) is 7.18. The van der Waals surface area contributed by atoms with E-state index in [1.54, 1.807) is 0 Å². The molecule has 0 aliphatic heterocycles. The van der Waals surface area contributed by atoms with Crippen molar-refractivity contribution in [1.82, 2.24) is 10.2 Å². The molecule has 0 unspecified atom stereocenters. The van der Waals surface area contributed by atoms with Gasteiger partial charge in [0, 0.05) is 19.3 Å². The van der Waals surface area contributed by atoms with Crippen LogP contribution in [0.3, 0.4) is 0 Å². The minimum Gasteiger partial charge on any atom is -0.481 e. The van der Waals surface area contributed by atoms with Crippen molar-refractivity contribution >= 4 is 35.9 Å². The van der Waals surface area contributed by atoms with E-state index in [1.807, 2.05) is 0 Å². The van der Waals surface area contributed by atoms with Crippen molar-refractivity contribution in [2.45, 2.75) is 76.4 Å². The maximum Gasteiger partial charge on any atom is 0.303 e. The number of carbonyl (C=O) groups excluding carboxylic acids is 5. The first-order valence-corrected chi connectivity index (χ1v) is 10.1. The fourth-order valence-electron chi connectivity index (χ4n) is 2.73. The van der Waals surface area contributed by atoms with Crippen LogP contribution in [-0.2, 0) is 28.8 Å². The minimum absolute atomic E-state index is 0.0240. The molecule has 0 saturated carbocycles. The van der Waals surface area contributed by atoms with Gasteiger partial charge in [0.1, 0.15) is 12.3 Å². The maximum atomic E-state index is 12.8. The second kappa shape index (κ2) is 15.0. The van der Waals surface area contributed by atoms with Crippen LogP contribution < -0.4 is 22.5 Å². The molecule has 176 valence electrons. The normalized spacial score (nSPS) is 13.5. The molecular formula is C19H33N5O7. The largest absolute Gasteiger partial charge is 0.481 e. The van der Waals surface area contributed by atoms with Crippen molar-refractivity contribution in [1.29, 1.82) is 0 Å². The van der Waals surface area contributed by atoms with Crippen LogP contribution in [0.15, 0.2) is 0 Å². The van der Waals surface area contributed by atoms with Crippen LogP contribution >= 0.6 is 0 Å². The van der Waals surface area contributed by atoms with Crippen LogP contribution in [0, 0.1) is 0 Å². The fraction of sp³-hybridized carbons (Fsp3) is 0.684. The molecule has 0 saturated heterocycles. The Balaban J connectivity index is 5.33. The first kappa shape index (κ1) is 28.1. The van der Waals surface area contributed by atoms with Gasteiger partial charge in [0.15, 0.2) is 0 Å². The highest BCUT2D eigenvalue weighted by molar-refractivity contribution is 5.98. The fourth-order valence-corrected chi connectivity index (χ4v) is 2.73. The topological polar surface area (TPSA) is 216 Å². The van der Waals surface area contributed by atoms with Crippen LogP contribution in [-0.4, -0.2) is 70.6 Å². The summed E-state index contributed by atoms with van der Waals surface area (Å²) in [5, 5.41) is 11.2. The van der Waals surface area contributed by atoms with Gasteiger partial charge in [0.05, 0.1) is 12.1 Å². The molecule has 31 heavy (non-hydrogen) atoms. The molecule has 0 rings (SSSR count). The van der Waals surface area contributed by atoms with Gasteiger partial charge in [-0.05, 0) is 39.2 Å². The van der Waals surface area contributed by atoms with E-state index in [1.165, 1.54) is 6.92 Å². The Labute approximate surface area is 180 Å². The molecule has 0 aromatic rings. The zero-order valence-electron chi connectivity index (χ0n) is 17.7. The third kappa shape index (κ3) is 11.2. The molecule has 0 aromatic heterocycles. The molecule has 12 nitrogen and oxygen atoms in total. The molecule has 0 spiro atoms. The zero-order chi connectivity index (χ0) is 24.0. The standard InChI is InChI=1S/C19H33N5O7/c1-12(21)19(31)23-14(18(22)30)7-8-16(27)24(13(11-25)6-9-17(28)29)15(26)5-3-2-4-10-20/h11-14H,2-10,20-21H2,1H3,(H2,22,30)(H,23,31)(H,28,29)/t12-,13-,14+/m0/s1. The average Bonchev–Trinajstić information content (AvgIpc) is 2.70. The summed E-state index contributed by atoms with van der Waals surface area (Å²) in [5.41, 5.74) is 16.1. The molecule has 0 bridgehead atoms. The van der Waals surface area contributed by atoms with Crippen molar-refractivity contribution in [2.24, 2.45) is 17.2 Å². The summed E-state index contributed by atoms with van der Waals surface area (Å²) >= 11 is 0. The Morgan fingerprint density at radius 1 is 1.00 bits per heavy atom. The molecule has 0 aliphatic carbocycles. The number of carboxylic acids is 1. The average molecular weight is 444 g/mol. The number of nitrogens with one attached hydrogen (secondary N) is 1. The molecular weight excluding hydrogens is 410 g/mol. The lowest BCUT2D eigenvalue weighted by molar-refractivity contribution is -0.151. The van der Waals surface area contributed by atoms with E-state index < -0.39 is 54.1 Å². The summed E-state index contributed by atoms with van der Waals surface area (Å²) in [6.07, 6.45) is 0.869. The van der Waals surface area contributed by atoms with Crippen molar-refractivity contribution in [3.05, 3.63) is 0 Å². The maximum absolute atomic E-state index is 12.8. The number of hydrogen-bond donors (Lipinski definition) is 5. The molecule has 0 aromatic carbocycles. The van der Waals surface area contributed by atoms with Crippen molar-refractivity contribution < 1.29 is 33.9 Å². The van der Waals surface area contributed by atoms with Gasteiger partial charge in [-0.25, -0.2) is 0 Å². The summed E-state index contributed by atoms with van der Waals surface area (Å²) in [7, 11) is 0. The predicted molar refractivity (Wildman–Crippen MR) is 110 cm³/mol. The Morgan fingerprint density at radius 3 is 2.10 bits per heavy atom. The quantitative estimate of drug-likeness (QED) is 0.137. The van der Waals surface area contributed by atoms with Crippen molar-refractivity contribution in [2.75, 3.05) is 6.54 Å². The smallest absolute Gasteiger partial charge is 0.303 e.